The van der Waals surface area contributed by atoms with E-state index < -0.39 is 0 Å². The molecule has 0 saturated carbocycles. The van der Waals surface area contributed by atoms with E-state index in [9.17, 15) is 0 Å². The summed E-state index contributed by atoms with van der Waals surface area (Å²) in [5, 5.41) is 0. The number of likely N-dealkylation sites (tertiary alicyclic amines) is 2. The second-order valence-corrected chi connectivity index (χ2v) is 7.42. The molecule has 0 radical (unpaired) electrons. The molecule has 0 amide bonds. The highest BCUT2D eigenvalue weighted by Crippen LogP contribution is 2.39. The highest BCUT2D eigenvalue weighted by Gasteiger charge is 2.41. The highest BCUT2D eigenvalue weighted by atomic mass is 15.2. The van der Waals surface area contributed by atoms with Crippen molar-refractivity contribution >= 4 is 0 Å². The van der Waals surface area contributed by atoms with Crippen molar-refractivity contribution in [3.63, 3.8) is 0 Å². The maximum atomic E-state index is 4.50. The molecule has 2 aromatic rings. The Kier molecular flexibility index (Phi) is 4.58. The molecule has 2 aliphatic rings. The molecule has 0 N–H and O–H groups in total. The Bertz CT molecular complexity index is 645. The van der Waals surface area contributed by atoms with Crippen LogP contribution in [0.3, 0.4) is 0 Å². The molecule has 1 atom stereocenters. The van der Waals surface area contributed by atoms with Gasteiger partial charge in [0.2, 0.25) is 0 Å². The molecule has 1 unspecified atom stereocenters. The molecule has 2 fully saturated rings. The van der Waals surface area contributed by atoms with Crippen LogP contribution in [0.2, 0.25) is 0 Å². The molecule has 24 heavy (non-hydrogen) atoms. The fraction of sp³-hybridized carbons (Fsp3) is 0.500. The van der Waals surface area contributed by atoms with Gasteiger partial charge < -0.3 is 0 Å². The Morgan fingerprint density at radius 2 is 1.42 bits per heavy atom. The lowest BCUT2D eigenvalue weighted by atomic mass is 9.79. The number of piperidine rings is 1. The van der Waals surface area contributed by atoms with Crippen molar-refractivity contribution in [2.45, 2.75) is 32.4 Å². The minimum Gasteiger partial charge on any atom is -0.297 e. The third kappa shape index (κ3) is 3.65. The summed E-state index contributed by atoms with van der Waals surface area (Å²) in [6, 6.07) is 12.4. The van der Waals surface area contributed by atoms with Crippen LogP contribution >= 0.6 is 0 Å². The minimum absolute atomic E-state index is 0.474. The first-order valence-electron chi connectivity index (χ1n) is 9.06. The first kappa shape index (κ1) is 15.7. The first-order valence-corrected chi connectivity index (χ1v) is 9.06. The van der Waals surface area contributed by atoms with Crippen molar-refractivity contribution < 1.29 is 0 Å². The van der Waals surface area contributed by atoms with Crippen LogP contribution < -0.4 is 0 Å². The van der Waals surface area contributed by atoms with E-state index in [1.165, 1.54) is 56.8 Å². The molecule has 4 nitrogen and oxygen atoms in total. The lowest BCUT2D eigenvalue weighted by molar-refractivity contribution is 0.0856. The van der Waals surface area contributed by atoms with Crippen molar-refractivity contribution in [3.05, 3.63) is 60.2 Å². The average Bonchev–Trinajstić information content (AvgIpc) is 2.98. The fourth-order valence-corrected chi connectivity index (χ4v) is 4.38. The lowest BCUT2D eigenvalue weighted by Crippen LogP contribution is -2.44. The summed E-state index contributed by atoms with van der Waals surface area (Å²) >= 11 is 0. The largest absolute Gasteiger partial charge is 0.297 e. The van der Waals surface area contributed by atoms with Crippen molar-refractivity contribution in [1.29, 1.82) is 0 Å². The molecular weight excluding hydrogens is 296 g/mol. The standard InChI is InChI=1S/C20H26N4/c1-3-10-21-18(6-1)14-23-12-5-8-20(16-23)9-13-24(17-20)15-19-7-2-4-11-22-19/h1-4,6-7,10-11H,5,8-9,12-17H2. The fourth-order valence-electron chi connectivity index (χ4n) is 4.38. The minimum atomic E-state index is 0.474. The van der Waals surface area contributed by atoms with Crippen molar-refractivity contribution in [2.75, 3.05) is 26.2 Å². The van der Waals surface area contributed by atoms with E-state index in [2.05, 4.69) is 44.0 Å². The Morgan fingerprint density at radius 1 is 0.792 bits per heavy atom. The van der Waals surface area contributed by atoms with Crippen LogP contribution in [0.4, 0.5) is 0 Å². The van der Waals surface area contributed by atoms with Gasteiger partial charge in [0.25, 0.3) is 0 Å². The zero-order chi connectivity index (χ0) is 16.2. The summed E-state index contributed by atoms with van der Waals surface area (Å²) in [4.78, 5) is 14.2. The van der Waals surface area contributed by atoms with Crippen molar-refractivity contribution in [3.8, 4) is 0 Å². The molecule has 2 aliphatic heterocycles. The second-order valence-electron chi connectivity index (χ2n) is 7.42. The number of nitrogens with zero attached hydrogens (tertiary/aromatic N) is 4. The van der Waals surface area contributed by atoms with Crippen molar-refractivity contribution in [1.82, 2.24) is 19.8 Å². The van der Waals surface area contributed by atoms with E-state index >= 15 is 0 Å². The average molecular weight is 322 g/mol. The smallest absolute Gasteiger partial charge is 0.0543 e. The maximum Gasteiger partial charge on any atom is 0.0543 e. The van der Waals surface area contributed by atoms with Gasteiger partial charge in [-0.15, -0.1) is 0 Å². The van der Waals surface area contributed by atoms with Crippen molar-refractivity contribution in [2.24, 2.45) is 5.41 Å². The van der Waals surface area contributed by atoms with Gasteiger partial charge >= 0.3 is 0 Å². The Hall–Kier alpha value is -1.78. The summed E-state index contributed by atoms with van der Waals surface area (Å²) < 4.78 is 0. The van der Waals surface area contributed by atoms with Crippen LogP contribution in [0, 0.1) is 5.41 Å². The number of rotatable bonds is 4. The molecular formula is C20H26N4. The molecule has 0 bridgehead atoms. The van der Waals surface area contributed by atoms with E-state index in [1.807, 2.05) is 24.5 Å². The van der Waals surface area contributed by atoms with Gasteiger partial charge in [0, 0.05) is 38.6 Å². The van der Waals surface area contributed by atoms with Crippen LogP contribution in [-0.2, 0) is 13.1 Å². The molecule has 0 aliphatic carbocycles. The number of hydrogen-bond acceptors (Lipinski definition) is 4. The van der Waals surface area contributed by atoms with Gasteiger partial charge in [-0.2, -0.15) is 0 Å². The van der Waals surface area contributed by atoms with Crippen LogP contribution in [-0.4, -0.2) is 45.9 Å². The zero-order valence-electron chi connectivity index (χ0n) is 14.3. The molecule has 1 spiro atoms. The molecule has 2 saturated heterocycles. The van der Waals surface area contributed by atoms with Gasteiger partial charge in [-0.25, -0.2) is 0 Å². The van der Waals surface area contributed by atoms with Gasteiger partial charge in [-0.1, -0.05) is 12.1 Å². The van der Waals surface area contributed by atoms with E-state index in [1.54, 1.807) is 0 Å². The molecule has 4 heteroatoms. The topological polar surface area (TPSA) is 32.3 Å². The van der Waals surface area contributed by atoms with Gasteiger partial charge in [0.1, 0.15) is 0 Å². The van der Waals surface area contributed by atoms with Crippen LogP contribution in [0.1, 0.15) is 30.7 Å². The Labute approximate surface area is 144 Å². The normalized spacial score (nSPS) is 25.3. The van der Waals surface area contributed by atoms with Gasteiger partial charge in [-0.05, 0) is 62.0 Å². The summed E-state index contributed by atoms with van der Waals surface area (Å²) in [5.41, 5.74) is 2.86. The van der Waals surface area contributed by atoms with Crippen LogP contribution in [0.25, 0.3) is 0 Å². The van der Waals surface area contributed by atoms with Gasteiger partial charge in [0.05, 0.1) is 11.4 Å². The van der Waals surface area contributed by atoms with E-state index in [4.69, 9.17) is 0 Å². The third-order valence-corrected chi connectivity index (χ3v) is 5.48. The summed E-state index contributed by atoms with van der Waals surface area (Å²) in [5.74, 6) is 0. The quantitative estimate of drug-likeness (QED) is 0.866. The van der Waals surface area contributed by atoms with E-state index in [0.29, 0.717) is 5.41 Å². The predicted molar refractivity (Wildman–Crippen MR) is 95.3 cm³/mol. The number of pyridine rings is 2. The van der Waals surface area contributed by atoms with E-state index in [-0.39, 0.29) is 0 Å². The number of aromatic nitrogens is 2. The lowest BCUT2D eigenvalue weighted by Gasteiger charge is -2.40. The first-order chi connectivity index (χ1) is 11.8. The van der Waals surface area contributed by atoms with Crippen LogP contribution in [0.5, 0.6) is 0 Å². The monoisotopic (exact) mass is 322 g/mol. The third-order valence-electron chi connectivity index (χ3n) is 5.48. The number of hydrogen-bond donors (Lipinski definition) is 0. The summed E-state index contributed by atoms with van der Waals surface area (Å²) in [6.45, 7) is 6.81. The SMILES string of the molecule is c1ccc(CN2CCCC3(CCN(Cc4ccccn4)C3)C2)nc1. The van der Waals surface area contributed by atoms with Crippen LogP contribution in [0.15, 0.2) is 48.8 Å². The molecule has 2 aromatic heterocycles. The molecule has 0 aromatic carbocycles. The highest BCUT2D eigenvalue weighted by molar-refractivity contribution is 5.06. The second kappa shape index (κ2) is 6.99. The zero-order valence-corrected chi connectivity index (χ0v) is 14.3. The van der Waals surface area contributed by atoms with Gasteiger partial charge in [-0.3, -0.25) is 19.8 Å². The summed E-state index contributed by atoms with van der Waals surface area (Å²) in [7, 11) is 0. The van der Waals surface area contributed by atoms with E-state index in [0.717, 1.165) is 13.1 Å². The predicted octanol–water partition coefficient (Wildman–Crippen LogP) is 2.96. The van der Waals surface area contributed by atoms with Gasteiger partial charge in [0.15, 0.2) is 0 Å². The Balaban J connectivity index is 1.37. The molecule has 4 rings (SSSR count). The maximum absolute atomic E-state index is 4.50. The Morgan fingerprint density at radius 3 is 2.00 bits per heavy atom. The molecule has 126 valence electrons. The molecule has 4 heterocycles. The summed E-state index contributed by atoms with van der Waals surface area (Å²) in [6.07, 6.45) is 7.79.